The molecule has 9 heteroatoms. The molecular formula is C9H10N4O3S2. The Morgan fingerprint density at radius 1 is 1.33 bits per heavy atom. The fourth-order valence-corrected chi connectivity index (χ4v) is 3.09. The van der Waals surface area contributed by atoms with Gasteiger partial charge in [-0.15, -0.1) is 10.2 Å². The second kappa shape index (κ2) is 4.59. The van der Waals surface area contributed by atoms with Crippen LogP contribution < -0.4 is 10.9 Å². The van der Waals surface area contributed by atoms with Crippen LogP contribution in [0.1, 0.15) is 5.89 Å². The van der Waals surface area contributed by atoms with E-state index in [1.807, 2.05) is 0 Å². The summed E-state index contributed by atoms with van der Waals surface area (Å²) in [6, 6.07) is 4.40. The zero-order valence-electron chi connectivity index (χ0n) is 9.32. The number of aryl methyl sites for hydroxylation is 1. The van der Waals surface area contributed by atoms with Gasteiger partial charge in [0.2, 0.25) is 15.9 Å². The quantitative estimate of drug-likeness (QED) is 0.798. The van der Waals surface area contributed by atoms with E-state index < -0.39 is 10.0 Å². The Bertz CT molecular complexity index is 681. The smallest absolute Gasteiger partial charge is 0.281 e. The van der Waals surface area contributed by atoms with Crippen LogP contribution >= 0.6 is 11.8 Å². The van der Waals surface area contributed by atoms with E-state index >= 15 is 0 Å². The minimum Gasteiger partial charge on any atom is -0.416 e. The first-order valence-electron chi connectivity index (χ1n) is 4.76. The third kappa shape index (κ3) is 2.81. The fraction of sp³-hybridized carbons (Fsp3) is 0.111. The molecular weight excluding hydrogens is 276 g/mol. The van der Waals surface area contributed by atoms with Crippen molar-refractivity contribution in [2.45, 2.75) is 21.9 Å². The Morgan fingerprint density at radius 3 is 2.61 bits per heavy atom. The largest absolute Gasteiger partial charge is 0.416 e. The molecule has 0 bridgehead atoms. The maximum Gasteiger partial charge on any atom is 0.281 e. The molecule has 18 heavy (non-hydrogen) atoms. The lowest BCUT2D eigenvalue weighted by atomic mass is 10.3. The average Bonchev–Trinajstić information content (AvgIpc) is 2.65. The van der Waals surface area contributed by atoms with Gasteiger partial charge in [-0.05, 0) is 30.0 Å². The molecule has 1 heterocycles. The van der Waals surface area contributed by atoms with Crippen molar-refractivity contribution >= 4 is 27.5 Å². The third-order valence-corrected chi connectivity index (χ3v) is 3.97. The number of nitrogens with zero attached hydrogens (tertiary/aromatic N) is 2. The molecule has 0 atom stereocenters. The molecule has 7 nitrogen and oxygen atoms in total. The molecule has 96 valence electrons. The van der Waals surface area contributed by atoms with E-state index in [1.54, 1.807) is 19.1 Å². The molecule has 0 amide bonds. The molecule has 0 fully saturated rings. The second-order valence-corrected chi connectivity index (χ2v) is 5.96. The van der Waals surface area contributed by atoms with Gasteiger partial charge in [0.15, 0.2) is 0 Å². The zero-order valence-corrected chi connectivity index (χ0v) is 11.0. The van der Waals surface area contributed by atoms with E-state index in [-0.39, 0.29) is 10.1 Å². The van der Waals surface area contributed by atoms with Crippen LogP contribution in [-0.4, -0.2) is 18.6 Å². The summed E-state index contributed by atoms with van der Waals surface area (Å²) in [6.45, 7) is 1.64. The highest BCUT2D eigenvalue weighted by Gasteiger charge is 2.17. The van der Waals surface area contributed by atoms with Crippen molar-refractivity contribution in [2.75, 3.05) is 5.73 Å². The minimum atomic E-state index is -3.86. The van der Waals surface area contributed by atoms with Gasteiger partial charge in [-0.25, -0.2) is 13.6 Å². The highest BCUT2D eigenvalue weighted by Crippen LogP contribution is 2.32. The van der Waals surface area contributed by atoms with Gasteiger partial charge in [0.05, 0.1) is 4.90 Å². The number of anilines is 1. The molecule has 0 aliphatic rings. The second-order valence-electron chi connectivity index (χ2n) is 3.44. The van der Waals surface area contributed by atoms with Gasteiger partial charge in [0.25, 0.3) is 5.22 Å². The summed E-state index contributed by atoms with van der Waals surface area (Å²) in [7, 11) is -3.86. The monoisotopic (exact) mass is 286 g/mol. The van der Waals surface area contributed by atoms with Gasteiger partial charge >= 0.3 is 0 Å². The summed E-state index contributed by atoms with van der Waals surface area (Å²) < 4.78 is 28.0. The van der Waals surface area contributed by atoms with E-state index in [1.165, 1.54) is 6.07 Å². The topological polar surface area (TPSA) is 125 Å². The predicted octanol–water partition coefficient (Wildman–Crippen LogP) is 0.759. The zero-order chi connectivity index (χ0) is 13.3. The molecule has 0 unspecified atom stereocenters. The number of hydrogen-bond acceptors (Lipinski definition) is 7. The van der Waals surface area contributed by atoms with Crippen LogP contribution in [0, 0.1) is 6.92 Å². The SMILES string of the molecule is Cc1nnc(Sc2ccc(N)cc2S(N)(=O)=O)o1. The van der Waals surface area contributed by atoms with E-state index in [9.17, 15) is 8.42 Å². The molecule has 0 spiro atoms. The number of sulfonamides is 1. The van der Waals surface area contributed by atoms with Gasteiger partial charge in [-0.3, -0.25) is 0 Å². The van der Waals surface area contributed by atoms with Gasteiger partial charge in [0.1, 0.15) is 0 Å². The molecule has 2 rings (SSSR count). The summed E-state index contributed by atoms with van der Waals surface area (Å²) >= 11 is 1.02. The van der Waals surface area contributed by atoms with Gasteiger partial charge < -0.3 is 10.2 Å². The lowest BCUT2D eigenvalue weighted by Gasteiger charge is -2.05. The van der Waals surface area contributed by atoms with Crippen LogP contribution in [-0.2, 0) is 10.0 Å². The van der Waals surface area contributed by atoms with Gasteiger partial charge in [-0.2, -0.15) is 0 Å². The molecule has 0 aliphatic heterocycles. The molecule has 1 aromatic carbocycles. The van der Waals surface area contributed by atoms with Gasteiger partial charge in [-0.1, -0.05) is 0 Å². The first-order chi connectivity index (χ1) is 8.36. The lowest BCUT2D eigenvalue weighted by molar-refractivity contribution is 0.429. The Kier molecular flexibility index (Phi) is 3.28. The number of nitrogen functional groups attached to an aromatic ring is 1. The van der Waals surface area contributed by atoms with Crippen molar-refractivity contribution in [2.24, 2.45) is 5.14 Å². The van der Waals surface area contributed by atoms with Crippen LogP contribution in [0.15, 0.2) is 37.6 Å². The average molecular weight is 286 g/mol. The molecule has 0 radical (unpaired) electrons. The number of primary sulfonamides is 1. The number of benzene rings is 1. The Morgan fingerprint density at radius 2 is 2.06 bits per heavy atom. The van der Waals surface area contributed by atoms with Crippen LogP contribution in [0.4, 0.5) is 5.69 Å². The number of aromatic nitrogens is 2. The summed E-state index contributed by atoms with van der Waals surface area (Å²) in [5.74, 6) is 0.394. The van der Waals surface area contributed by atoms with Gasteiger partial charge in [0, 0.05) is 17.5 Å². The highest BCUT2D eigenvalue weighted by molar-refractivity contribution is 8.00. The number of hydrogen-bond donors (Lipinski definition) is 2. The third-order valence-electron chi connectivity index (χ3n) is 1.98. The normalized spacial score (nSPS) is 11.7. The van der Waals surface area contributed by atoms with Crippen LogP contribution in [0.2, 0.25) is 0 Å². The summed E-state index contributed by atoms with van der Waals surface area (Å²) in [5.41, 5.74) is 5.85. The maximum atomic E-state index is 11.4. The fourth-order valence-electron chi connectivity index (χ4n) is 1.25. The maximum absolute atomic E-state index is 11.4. The lowest BCUT2D eigenvalue weighted by Crippen LogP contribution is -2.13. The van der Waals surface area contributed by atoms with Crippen molar-refractivity contribution in [3.63, 3.8) is 0 Å². The van der Waals surface area contributed by atoms with Crippen LogP contribution in [0.25, 0.3) is 0 Å². The number of nitrogens with two attached hydrogens (primary N) is 2. The van der Waals surface area contributed by atoms with E-state index in [0.29, 0.717) is 16.5 Å². The number of rotatable bonds is 3. The highest BCUT2D eigenvalue weighted by atomic mass is 32.2. The summed E-state index contributed by atoms with van der Waals surface area (Å²) in [4.78, 5) is 0.318. The molecule has 4 N–H and O–H groups in total. The molecule has 0 aliphatic carbocycles. The molecule has 1 aromatic heterocycles. The van der Waals surface area contributed by atoms with Crippen molar-refractivity contribution < 1.29 is 12.8 Å². The standard InChI is InChI=1S/C9H10N4O3S2/c1-5-12-13-9(16-5)17-7-3-2-6(10)4-8(7)18(11,14)15/h2-4H,10H2,1H3,(H2,11,14,15). The van der Waals surface area contributed by atoms with Crippen LogP contribution in [0.5, 0.6) is 0 Å². The first-order valence-corrected chi connectivity index (χ1v) is 7.13. The van der Waals surface area contributed by atoms with Crippen molar-refractivity contribution in [1.29, 1.82) is 0 Å². The first kappa shape index (κ1) is 12.9. The van der Waals surface area contributed by atoms with E-state index in [0.717, 1.165) is 11.8 Å². The van der Waals surface area contributed by atoms with Crippen molar-refractivity contribution in [3.8, 4) is 0 Å². The molecule has 2 aromatic rings. The molecule has 0 saturated heterocycles. The predicted molar refractivity (Wildman–Crippen MR) is 65.4 cm³/mol. The van der Waals surface area contributed by atoms with E-state index in [2.05, 4.69) is 10.2 Å². The summed E-state index contributed by atoms with van der Waals surface area (Å²) in [6.07, 6.45) is 0. The molecule has 0 saturated carbocycles. The Labute approximate surface area is 108 Å². The Hall–Kier alpha value is -1.58. The summed E-state index contributed by atoms with van der Waals surface area (Å²) in [5, 5.41) is 12.8. The van der Waals surface area contributed by atoms with Crippen molar-refractivity contribution in [1.82, 2.24) is 10.2 Å². The minimum absolute atomic E-state index is 0.0663. The van der Waals surface area contributed by atoms with Crippen LogP contribution in [0.3, 0.4) is 0 Å². The van der Waals surface area contributed by atoms with Crippen molar-refractivity contribution in [3.05, 3.63) is 24.1 Å². The van der Waals surface area contributed by atoms with E-state index in [4.69, 9.17) is 15.3 Å². The Balaban J connectivity index is 2.45.